The van der Waals surface area contributed by atoms with Crippen LogP contribution >= 0.6 is 0 Å². The van der Waals surface area contributed by atoms with Crippen molar-refractivity contribution < 1.29 is 0 Å². The maximum absolute atomic E-state index is 5.12. The van der Waals surface area contributed by atoms with Gasteiger partial charge in [0.1, 0.15) is 0 Å². The Balaban J connectivity index is 1.21. The van der Waals surface area contributed by atoms with E-state index in [1.165, 1.54) is 65.5 Å². The van der Waals surface area contributed by atoms with E-state index in [0.717, 1.165) is 27.6 Å². The second kappa shape index (κ2) is 14.1. The Labute approximate surface area is 336 Å². The molecule has 11 rings (SSSR count). The molecule has 1 aromatic heterocycles. The largest absolute Gasteiger partial charge is 0.208 e. The first-order valence-electron chi connectivity index (χ1n) is 19.7. The van der Waals surface area contributed by atoms with Gasteiger partial charge >= 0.3 is 0 Å². The molecular weight excluding hydrogens is 703 g/mol. The van der Waals surface area contributed by atoms with E-state index < -0.39 is 0 Å². The van der Waals surface area contributed by atoms with Gasteiger partial charge in [-0.3, -0.25) is 0 Å². The zero-order valence-corrected chi connectivity index (χ0v) is 31.5. The maximum Gasteiger partial charge on any atom is 0.164 e. The number of fused-ring (bicyclic) bond motifs is 5. The molecule has 0 unspecified atom stereocenters. The average Bonchev–Trinajstić information content (AvgIpc) is 3.31. The Bertz CT molecular complexity index is 3250. The summed E-state index contributed by atoms with van der Waals surface area (Å²) in [7, 11) is 0. The standard InChI is InChI=1S/C55H35N3/c1-5-17-36(18-6-1)51-47-32-30-42(55-57-53(38-21-9-3-10-22-38)56-54(58-55)39-23-11-4-12-24-39)35-50(47)52(37-19-7-2-8-20-37)46-31-29-41(34-49(46)51)48-33-40-25-13-14-26-43(40)44-27-15-16-28-45(44)48/h1-35H. The van der Waals surface area contributed by atoms with Gasteiger partial charge in [-0.1, -0.05) is 194 Å². The van der Waals surface area contributed by atoms with E-state index in [4.69, 9.17) is 15.0 Å². The minimum absolute atomic E-state index is 0.633. The first-order chi connectivity index (χ1) is 28.8. The quantitative estimate of drug-likeness (QED) is 0.126. The lowest BCUT2D eigenvalue weighted by Gasteiger charge is -2.20. The van der Waals surface area contributed by atoms with Crippen molar-refractivity contribution in [3.8, 4) is 67.5 Å². The number of aromatic nitrogens is 3. The van der Waals surface area contributed by atoms with Crippen LogP contribution in [0.15, 0.2) is 212 Å². The molecule has 58 heavy (non-hydrogen) atoms. The molecule has 0 N–H and O–H groups in total. The molecule has 0 saturated carbocycles. The smallest absolute Gasteiger partial charge is 0.164 e. The van der Waals surface area contributed by atoms with Crippen LogP contribution in [-0.4, -0.2) is 15.0 Å². The number of benzene rings is 10. The van der Waals surface area contributed by atoms with Gasteiger partial charge < -0.3 is 0 Å². The summed E-state index contributed by atoms with van der Waals surface area (Å²) in [6, 6.07) is 75.5. The van der Waals surface area contributed by atoms with Gasteiger partial charge in [0.05, 0.1) is 0 Å². The maximum atomic E-state index is 5.12. The molecule has 0 spiro atoms. The molecular formula is C55H35N3. The Morgan fingerprint density at radius 2 is 0.621 bits per heavy atom. The predicted molar refractivity (Wildman–Crippen MR) is 242 cm³/mol. The fraction of sp³-hybridized carbons (Fsp3) is 0. The van der Waals surface area contributed by atoms with Crippen LogP contribution in [0.5, 0.6) is 0 Å². The van der Waals surface area contributed by atoms with Crippen LogP contribution in [0, 0.1) is 0 Å². The molecule has 0 fully saturated rings. The summed E-state index contributed by atoms with van der Waals surface area (Å²) in [5.74, 6) is 1.92. The van der Waals surface area contributed by atoms with E-state index in [1.54, 1.807) is 0 Å². The van der Waals surface area contributed by atoms with Crippen molar-refractivity contribution in [2.75, 3.05) is 0 Å². The highest BCUT2D eigenvalue weighted by Crippen LogP contribution is 2.46. The Kier molecular flexibility index (Phi) is 8.15. The molecule has 0 saturated heterocycles. The van der Waals surface area contributed by atoms with Gasteiger partial charge in [0.15, 0.2) is 17.5 Å². The molecule has 1 heterocycles. The summed E-state index contributed by atoms with van der Waals surface area (Å²) in [5.41, 5.74) is 9.95. The van der Waals surface area contributed by atoms with E-state index in [0.29, 0.717) is 17.5 Å². The van der Waals surface area contributed by atoms with Crippen molar-refractivity contribution in [1.82, 2.24) is 15.0 Å². The third-order valence-electron chi connectivity index (χ3n) is 11.3. The van der Waals surface area contributed by atoms with Crippen LogP contribution in [0.3, 0.4) is 0 Å². The van der Waals surface area contributed by atoms with E-state index in [-0.39, 0.29) is 0 Å². The second-order valence-electron chi connectivity index (χ2n) is 14.7. The molecule has 0 atom stereocenters. The zero-order chi connectivity index (χ0) is 38.4. The Morgan fingerprint density at radius 3 is 1.16 bits per heavy atom. The summed E-state index contributed by atoms with van der Waals surface area (Å²) in [6.07, 6.45) is 0. The number of hydrogen-bond acceptors (Lipinski definition) is 3. The van der Waals surface area contributed by atoms with Gasteiger partial charge in [-0.05, 0) is 94.7 Å². The van der Waals surface area contributed by atoms with Crippen LogP contribution in [0.4, 0.5) is 0 Å². The molecule has 3 nitrogen and oxygen atoms in total. The molecule has 11 aromatic rings. The van der Waals surface area contributed by atoms with Crippen LogP contribution in [0.2, 0.25) is 0 Å². The van der Waals surface area contributed by atoms with Gasteiger partial charge in [0.25, 0.3) is 0 Å². The highest BCUT2D eigenvalue weighted by Gasteiger charge is 2.20. The van der Waals surface area contributed by atoms with Crippen molar-refractivity contribution >= 4 is 43.1 Å². The minimum atomic E-state index is 0.633. The van der Waals surface area contributed by atoms with Gasteiger partial charge in [-0.2, -0.15) is 0 Å². The van der Waals surface area contributed by atoms with Crippen LogP contribution in [0.25, 0.3) is 111 Å². The highest BCUT2D eigenvalue weighted by atomic mass is 15.0. The lowest BCUT2D eigenvalue weighted by Crippen LogP contribution is -2.00. The van der Waals surface area contributed by atoms with Crippen LogP contribution in [0.1, 0.15) is 0 Å². The Morgan fingerprint density at radius 1 is 0.224 bits per heavy atom. The second-order valence-corrected chi connectivity index (χ2v) is 14.7. The van der Waals surface area contributed by atoms with Gasteiger partial charge in [-0.15, -0.1) is 0 Å². The average molecular weight is 738 g/mol. The predicted octanol–water partition coefficient (Wildman–Crippen LogP) is 14.5. The Hall–Kier alpha value is -7.75. The molecule has 0 amide bonds. The fourth-order valence-electron chi connectivity index (χ4n) is 8.60. The molecule has 0 bridgehead atoms. The lowest BCUT2D eigenvalue weighted by atomic mass is 9.83. The molecule has 0 radical (unpaired) electrons. The number of rotatable bonds is 6. The van der Waals surface area contributed by atoms with Crippen molar-refractivity contribution in [3.05, 3.63) is 212 Å². The lowest BCUT2D eigenvalue weighted by molar-refractivity contribution is 1.07. The van der Waals surface area contributed by atoms with Gasteiger partial charge in [-0.25, -0.2) is 15.0 Å². The first kappa shape index (κ1) is 33.6. The summed E-state index contributed by atoms with van der Waals surface area (Å²) in [5, 5.41) is 9.72. The molecule has 0 aliphatic carbocycles. The molecule has 10 aromatic carbocycles. The SMILES string of the molecule is c1ccc(-c2nc(-c3ccccc3)nc(-c3ccc4c(-c5ccccc5)c5cc(-c6cc7ccccc7c7ccccc67)ccc5c(-c5ccccc5)c4c3)n2)cc1. The van der Waals surface area contributed by atoms with Gasteiger partial charge in [0.2, 0.25) is 0 Å². The number of hydrogen-bond donors (Lipinski definition) is 0. The van der Waals surface area contributed by atoms with Crippen LogP contribution in [-0.2, 0) is 0 Å². The van der Waals surface area contributed by atoms with Crippen molar-refractivity contribution in [2.24, 2.45) is 0 Å². The van der Waals surface area contributed by atoms with Crippen LogP contribution < -0.4 is 0 Å². The summed E-state index contributed by atoms with van der Waals surface area (Å²) >= 11 is 0. The van der Waals surface area contributed by atoms with E-state index in [1.807, 2.05) is 36.4 Å². The summed E-state index contributed by atoms with van der Waals surface area (Å²) in [6.45, 7) is 0. The third kappa shape index (κ3) is 5.80. The van der Waals surface area contributed by atoms with Crippen molar-refractivity contribution in [2.45, 2.75) is 0 Å². The van der Waals surface area contributed by atoms with E-state index >= 15 is 0 Å². The molecule has 0 aliphatic heterocycles. The first-order valence-corrected chi connectivity index (χ1v) is 19.7. The molecule has 3 heteroatoms. The normalized spacial score (nSPS) is 11.4. The summed E-state index contributed by atoms with van der Waals surface area (Å²) < 4.78 is 0. The molecule has 270 valence electrons. The van der Waals surface area contributed by atoms with E-state index in [9.17, 15) is 0 Å². The summed E-state index contributed by atoms with van der Waals surface area (Å²) in [4.78, 5) is 15.2. The monoisotopic (exact) mass is 737 g/mol. The van der Waals surface area contributed by atoms with Crippen molar-refractivity contribution in [1.29, 1.82) is 0 Å². The minimum Gasteiger partial charge on any atom is -0.208 e. The fourth-order valence-corrected chi connectivity index (χ4v) is 8.60. The highest BCUT2D eigenvalue weighted by molar-refractivity contribution is 6.23. The van der Waals surface area contributed by atoms with Crippen molar-refractivity contribution in [3.63, 3.8) is 0 Å². The molecule has 0 aliphatic rings. The van der Waals surface area contributed by atoms with Gasteiger partial charge in [0, 0.05) is 16.7 Å². The van der Waals surface area contributed by atoms with E-state index in [2.05, 4.69) is 176 Å². The topological polar surface area (TPSA) is 38.7 Å². The zero-order valence-electron chi connectivity index (χ0n) is 31.5. The third-order valence-corrected chi connectivity index (χ3v) is 11.3. The number of nitrogens with zero attached hydrogens (tertiary/aromatic N) is 3.